The lowest BCUT2D eigenvalue weighted by Gasteiger charge is -2.25. The Bertz CT molecular complexity index is 706. The highest BCUT2D eigenvalue weighted by Crippen LogP contribution is 2.30. The van der Waals surface area contributed by atoms with E-state index >= 15 is 0 Å². The minimum Gasteiger partial charge on any atom is -0.454 e. The van der Waals surface area contributed by atoms with Crippen LogP contribution in [0.15, 0.2) is 48.3 Å². The average Bonchev–Trinajstić information content (AvgIpc) is 2.64. The van der Waals surface area contributed by atoms with E-state index in [1.165, 1.54) is 0 Å². The van der Waals surface area contributed by atoms with Crippen molar-refractivity contribution in [3.63, 3.8) is 0 Å². The van der Waals surface area contributed by atoms with Crippen molar-refractivity contribution in [2.75, 3.05) is 0 Å². The lowest BCUT2D eigenvalue weighted by molar-refractivity contribution is -0.145. The molecule has 0 amide bonds. The largest absolute Gasteiger partial charge is 0.454 e. The quantitative estimate of drug-likeness (QED) is 0.733. The zero-order valence-corrected chi connectivity index (χ0v) is 15.4. The summed E-state index contributed by atoms with van der Waals surface area (Å²) in [6.07, 6.45) is 9.49. The number of carbonyl (C=O) groups is 2. The summed E-state index contributed by atoms with van der Waals surface area (Å²) >= 11 is 0. The fraction of sp³-hybridized carbons (Fsp3) is 0.455. The third-order valence-electron chi connectivity index (χ3n) is 5.14. The van der Waals surface area contributed by atoms with Crippen molar-refractivity contribution in [1.29, 1.82) is 0 Å². The summed E-state index contributed by atoms with van der Waals surface area (Å²) in [6, 6.07) is 7.30. The Balaban J connectivity index is 1.47. The van der Waals surface area contributed by atoms with Crippen LogP contribution >= 0.6 is 0 Å². The smallest absolute Gasteiger partial charge is 0.338 e. The third kappa shape index (κ3) is 4.84. The van der Waals surface area contributed by atoms with Gasteiger partial charge in [-0.05, 0) is 68.9 Å². The molecule has 1 aromatic carbocycles. The molecule has 1 unspecified atom stereocenters. The lowest BCUT2D eigenvalue weighted by Crippen LogP contribution is -2.23. The molecule has 0 bridgehead atoms. The number of ether oxygens (including phenoxy) is 2. The van der Waals surface area contributed by atoms with Gasteiger partial charge in [-0.3, -0.25) is 4.79 Å². The van der Waals surface area contributed by atoms with Gasteiger partial charge in [-0.15, -0.1) is 0 Å². The molecule has 0 heterocycles. The SMILES string of the molecule is Cc1ccc(C(=O)OC2C=CC(OC(=O)C3CCC(C)CC3)=CC2)cc1. The van der Waals surface area contributed by atoms with Crippen LogP contribution in [0.1, 0.15) is 54.9 Å². The Hall–Kier alpha value is -2.36. The summed E-state index contributed by atoms with van der Waals surface area (Å²) in [5, 5.41) is 0. The second kappa shape index (κ2) is 8.35. The van der Waals surface area contributed by atoms with E-state index in [4.69, 9.17) is 9.47 Å². The van der Waals surface area contributed by atoms with E-state index in [1.807, 2.05) is 25.1 Å². The van der Waals surface area contributed by atoms with Gasteiger partial charge >= 0.3 is 11.9 Å². The summed E-state index contributed by atoms with van der Waals surface area (Å²) in [7, 11) is 0. The van der Waals surface area contributed by atoms with E-state index in [1.54, 1.807) is 24.3 Å². The zero-order valence-electron chi connectivity index (χ0n) is 15.4. The molecule has 26 heavy (non-hydrogen) atoms. The van der Waals surface area contributed by atoms with Crippen LogP contribution in [0.3, 0.4) is 0 Å². The predicted molar refractivity (Wildman–Crippen MR) is 99.4 cm³/mol. The summed E-state index contributed by atoms with van der Waals surface area (Å²) in [5.74, 6) is 0.790. The van der Waals surface area contributed by atoms with E-state index in [2.05, 4.69) is 6.92 Å². The Labute approximate surface area is 154 Å². The van der Waals surface area contributed by atoms with Crippen LogP contribution in [0, 0.1) is 18.8 Å². The van der Waals surface area contributed by atoms with Gasteiger partial charge in [-0.1, -0.05) is 24.6 Å². The first-order valence-electron chi connectivity index (χ1n) is 9.39. The zero-order chi connectivity index (χ0) is 18.5. The molecule has 0 radical (unpaired) electrons. The number of benzene rings is 1. The Morgan fingerprint density at radius 3 is 2.35 bits per heavy atom. The van der Waals surface area contributed by atoms with Crippen LogP contribution < -0.4 is 0 Å². The van der Waals surface area contributed by atoms with Crippen LogP contribution in [-0.2, 0) is 14.3 Å². The number of allylic oxidation sites excluding steroid dienone is 1. The molecule has 1 saturated carbocycles. The van der Waals surface area contributed by atoms with Crippen molar-refractivity contribution in [3.8, 4) is 0 Å². The second-order valence-electron chi connectivity index (χ2n) is 7.39. The van der Waals surface area contributed by atoms with Crippen molar-refractivity contribution in [2.45, 2.75) is 52.1 Å². The summed E-state index contributed by atoms with van der Waals surface area (Å²) in [5.41, 5.74) is 1.64. The molecule has 2 aliphatic rings. The summed E-state index contributed by atoms with van der Waals surface area (Å²) in [4.78, 5) is 24.4. The van der Waals surface area contributed by atoms with E-state index in [9.17, 15) is 9.59 Å². The number of carbonyl (C=O) groups excluding carboxylic acids is 2. The number of hydrogen-bond acceptors (Lipinski definition) is 4. The van der Waals surface area contributed by atoms with Crippen LogP contribution in [0.4, 0.5) is 0 Å². The first-order valence-corrected chi connectivity index (χ1v) is 9.39. The van der Waals surface area contributed by atoms with Crippen molar-refractivity contribution >= 4 is 11.9 Å². The highest BCUT2D eigenvalue weighted by atomic mass is 16.5. The first-order chi connectivity index (χ1) is 12.5. The molecule has 4 nitrogen and oxygen atoms in total. The number of hydrogen-bond donors (Lipinski definition) is 0. The minimum absolute atomic E-state index is 0.0117. The molecule has 4 heteroatoms. The molecular weight excluding hydrogens is 328 g/mol. The van der Waals surface area contributed by atoms with Gasteiger partial charge in [0.05, 0.1) is 11.5 Å². The predicted octanol–water partition coefficient (Wildman–Crippen LogP) is 4.73. The standard InChI is InChI=1S/C22H26O4/c1-15-3-7-17(8-4-15)21(23)25-19-11-13-20(14-12-19)26-22(24)18-9-5-16(2)6-10-18/h3-4,7-8,11,13-14,16,18-19H,5-6,9-10,12H2,1-2H3. The lowest BCUT2D eigenvalue weighted by atomic mass is 9.83. The summed E-state index contributed by atoms with van der Waals surface area (Å²) < 4.78 is 11.0. The normalized spacial score (nSPS) is 25.3. The molecule has 1 atom stereocenters. The summed E-state index contributed by atoms with van der Waals surface area (Å²) in [6.45, 7) is 4.20. The van der Waals surface area contributed by atoms with Gasteiger partial charge in [0.15, 0.2) is 0 Å². The molecule has 0 saturated heterocycles. The minimum atomic E-state index is -0.343. The number of aryl methyl sites for hydroxylation is 1. The van der Waals surface area contributed by atoms with Gasteiger partial charge < -0.3 is 9.47 Å². The third-order valence-corrected chi connectivity index (χ3v) is 5.14. The topological polar surface area (TPSA) is 52.6 Å². The van der Waals surface area contributed by atoms with Gasteiger partial charge in [0.1, 0.15) is 11.9 Å². The van der Waals surface area contributed by atoms with Gasteiger partial charge in [-0.25, -0.2) is 4.79 Å². The number of rotatable bonds is 4. The molecule has 2 aliphatic carbocycles. The fourth-order valence-corrected chi connectivity index (χ4v) is 3.33. The molecule has 1 aromatic rings. The highest BCUT2D eigenvalue weighted by Gasteiger charge is 2.26. The Morgan fingerprint density at radius 2 is 1.73 bits per heavy atom. The van der Waals surface area contributed by atoms with Crippen molar-refractivity contribution < 1.29 is 19.1 Å². The van der Waals surface area contributed by atoms with E-state index < -0.39 is 0 Å². The molecule has 0 N–H and O–H groups in total. The maximum Gasteiger partial charge on any atom is 0.338 e. The van der Waals surface area contributed by atoms with Crippen LogP contribution in [0.25, 0.3) is 0 Å². The molecule has 3 rings (SSSR count). The first kappa shape index (κ1) is 18.4. The van der Waals surface area contributed by atoms with Gasteiger partial charge in [0.2, 0.25) is 0 Å². The Morgan fingerprint density at radius 1 is 1.04 bits per heavy atom. The second-order valence-corrected chi connectivity index (χ2v) is 7.39. The number of esters is 2. The molecule has 0 aromatic heterocycles. The van der Waals surface area contributed by atoms with Crippen LogP contribution in [-0.4, -0.2) is 18.0 Å². The maximum absolute atomic E-state index is 12.3. The van der Waals surface area contributed by atoms with Crippen molar-refractivity contribution in [3.05, 3.63) is 59.4 Å². The molecular formula is C22H26O4. The monoisotopic (exact) mass is 354 g/mol. The van der Waals surface area contributed by atoms with Gasteiger partial charge in [-0.2, -0.15) is 0 Å². The van der Waals surface area contributed by atoms with E-state index in [0.29, 0.717) is 23.7 Å². The van der Waals surface area contributed by atoms with Gasteiger partial charge in [0.25, 0.3) is 0 Å². The molecule has 138 valence electrons. The molecule has 0 aliphatic heterocycles. The Kier molecular flexibility index (Phi) is 5.92. The fourth-order valence-electron chi connectivity index (χ4n) is 3.33. The van der Waals surface area contributed by atoms with Crippen LogP contribution in [0.5, 0.6) is 0 Å². The van der Waals surface area contributed by atoms with Crippen molar-refractivity contribution in [1.82, 2.24) is 0 Å². The van der Waals surface area contributed by atoms with Gasteiger partial charge in [0, 0.05) is 6.42 Å². The molecule has 1 fully saturated rings. The average molecular weight is 354 g/mol. The van der Waals surface area contributed by atoms with Crippen molar-refractivity contribution in [2.24, 2.45) is 11.8 Å². The van der Waals surface area contributed by atoms with Crippen LogP contribution in [0.2, 0.25) is 0 Å². The van der Waals surface area contributed by atoms with E-state index in [0.717, 1.165) is 31.2 Å². The van der Waals surface area contributed by atoms with E-state index in [-0.39, 0.29) is 24.0 Å². The maximum atomic E-state index is 12.3. The molecule has 0 spiro atoms. The highest BCUT2D eigenvalue weighted by molar-refractivity contribution is 5.89.